The van der Waals surface area contributed by atoms with Crippen molar-refractivity contribution in [1.29, 1.82) is 5.26 Å². The van der Waals surface area contributed by atoms with Crippen molar-refractivity contribution >= 4 is 29.1 Å². The average Bonchev–Trinajstić information content (AvgIpc) is 2.93. The lowest BCUT2D eigenvalue weighted by atomic mass is 10.0. The molecular formula is C28H30ClN5O4. The fraction of sp³-hybridized carbons (Fsp3) is 0.250. The summed E-state index contributed by atoms with van der Waals surface area (Å²) in [6.45, 7) is 4.72. The second-order valence-electron chi connectivity index (χ2n) is 7.93. The zero-order valence-corrected chi connectivity index (χ0v) is 22.8. The first-order chi connectivity index (χ1) is 18.3. The van der Waals surface area contributed by atoms with E-state index >= 15 is 0 Å². The molecule has 3 aromatic rings. The number of oxime groups is 1. The fourth-order valence-corrected chi connectivity index (χ4v) is 3.29. The minimum absolute atomic E-state index is 0.110. The van der Waals surface area contributed by atoms with Crippen molar-refractivity contribution in [2.45, 2.75) is 27.0 Å². The van der Waals surface area contributed by atoms with Gasteiger partial charge in [0.2, 0.25) is 6.19 Å². The first kappa shape index (κ1) is 29.8. The Morgan fingerprint density at radius 1 is 1.11 bits per heavy atom. The van der Waals surface area contributed by atoms with E-state index in [-0.39, 0.29) is 5.71 Å². The lowest BCUT2D eigenvalue weighted by molar-refractivity contribution is -0.132. The Morgan fingerprint density at radius 3 is 2.45 bits per heavy atom. The Balaban J connectivity index is 0.000000293. The number of aromatic nitrogens is 1. The number of pyridine rings is 1. The number of methoxy groups -OCH3 is 1. The highest BCUT2D eigenvalue weighted by atomic mass is 35.5. The largest absolute Gasteiger partial charge is 0.489 e. The van der Waals surface area contributed by atoms with Gasteiger partial charge in [0.1, 0.15) is 30.5 Å². The number of nitriles is 1. The zero-order valence-electron chi connectivity index (χ0n) is 22.0. The maximum atomic E-state index is 11.9. The number of hydrogen-bond acceptors (Lipinski definition) is 8. The third-order valence-electron chi connectivity index (χ3n) is 5.28. The van der Waals surface area contributed by atoms with Crippen molar-refractivity contribution in [2.24, 2.45) is 10.1 Å². The summed E-state index contributed by atoms with van der Waals surface area (Å²) in [5.41, 5.74) is 3.61. The number of para-hydroxylation sites is 1. The molecule has 0 radical (unpaired) electrons. The van der Waals surface area contributed by atoms with Crippen LogP contribution in [0.15, 0.2) is 77.0 Å². The Morgan fingerprint density at radius 2 is 1.82 bits per heavy atom. The van der Waals surface area contributed by atoms with E-state index in [0.717, 1.165) is 22.4 Å². The van der Waals surface area contributed by atoms with Crippen molar-refractivity contribution in [3.8, 4) is 11.9 Å². The van der Waals surface area contributed by atoms with Crippen LogP contribution in [0.2, 0.25) is 5.15 Å². The Hall–Kier alpha value is -4.42. The maximum absolute atomic E-state index is 11.9. The van der Waals surface area contributed by atoms with Gasteiger partial charge in [0.05, 0.1) is 7.11 Å². The number of amidine groups is 1. The molecule has 3 rings (SSSR count). The number of aliphatic imine (C=N–C) groups is 1. The Kier molecular flexibility index (Phi) is 12.3. The van der Waals surface area contributed by atoms with E-state index in [1.54, 1.807) is 31.4 Å². The lowest BCUT2D eigenvalue weighted by Crippen LogP contribution is -2.23. The van der Waals surface area contributed by atoms with Gasteiger partial charge in [0, 0.05) is 25.4 Å². The summed E-state index contributed by atoms with van der Waals surface area (Å²) < 4.78 is 10.6. The van der Waals surface area contributed by atoms with Crippen molar-refractivity contribution < 1.29 is 19.1 Å². The number of rotatable bonds is 8. The quantitative estimate of drug-likeness (QED) is 0.0977. The normalized spacial score (nSPS) is 11.0. The molecule has 0 saturated heterocycles. The van der Waals surface area contributed by atoms with Crippen LogP contribution in [0.5, 0.6) is 5.75 Å². The van der Waals surface area contributed by atoms with Gasteiger partial charge in [-0.2, -0.15) is 10.3 Å². The summed E-state index contributed by atoms with van der Waals surface area (Å²) in [5.74, 6) is 0.910. The highest BCUT2D eigenvalue weighted by Gasteiger charge is 2.19. The highest BCUT2D eigenvalue weighted by molar-refractivity contribution is 6.43. The number of benzene rings is 2. The summed E-state index contributed by atoms with van der Waals surface area (Å²) in [6, 6.07) is 18.7. The molecule has 1 heterocycles. The SMILES string of the molecule is C/C(=N\C#N)N(C)Cc1ccc(Cl)nc1.CO/N=C(/C(=O)OC)c1ccccc1COc1ccccc1C. The summed E-state index contributed by atoms with van der Waals surface area (Å²) in [4.78, 5) is 26.2. The number of halogens is 1. The van der Waals surface area contributed by atoms with E-state index < -0.39 is 5.97 Å². The number of esters is 1. The van der Waals surface area contributed by atoms with E-state index in [1.165, 1.54) is 14.2 Å². The van der Waals surface area contributed by atoms with Crippen LogP contribution in [0, 0.1) is 18.4 Å². The monoisotopic (exact) mass is 535 g/mol. The van der Waals surface area contributed by atoms with Crippen molar-refractivity contribution in [3.05, 3.63) is 94.3 Å². The summed E-state index contributed by atoms with van der Waals surface area (Å²) in [5, 5.41) is 12.7. The minimum atomic E-state index is -0.560. The van der Waals surface area contributed by atoms with Gasteiger partial charge in [-0.15, -0.1) is 0 Å². The number of ether oxygens (including phenoxy) is 2. The molecule has 9 nitrogen and oxygen atoms in total. The van der Waals surface area contributed by atoms with E-state index in [9.17, 15) is 4.79 Å². The van der Waals surface area contributed by atoms with Gasteiger partial charge in [-0.3, -0.25) is 0 Å². The summed E-state index contributed by atoms with van der Waals surface area (Å²) in [7, 11) is 4.56. The van der Waals surface area contributed by atoms with Crippen molar-refractivity contribution in [1.82, 2.24) is 9.88 Å². The van der Waals surface area contributed by atoms with Gasteiger partial charge in [-0.25, -0.2) is 9.78 Å². The average molecular weight is 536 g/mol. The van der Waals surface area contributed by atoms with E-state index in [4.69, 9.17) is 31.2 Å². The number of hydrogen-bond donors (Lipinski definition) is 0. The van der Waals surface area contributed by atoms with Crippen LogP contribution in [0.4, 0.5) is 0 Å². The molecule has 0 atom stereocenters. The number of aryl methyl sites for hydroxylation is 1. The van der Waals surface area contributed by atoms with Gasteiger partial charge < -0.3 is 19.2 Å². The van der Waals surface area contributed by atoms with E-state index in [2.05, 4.69) is 15.1 Å². The first-order valence-electron chi connectivity index (χ1n) is 11.5. The lowest BCUT2D eigenvalue weighted by Gasteiger charge is -2.17. The van der Waals surface area contributed by atoms with Crippen LogP contribution in [0.3, 0.4) is 0 Å². The molecule has 38 heavy (non-hydrogen) atoms. The third kappa shape index (κ3) is 9.22. The molecule has 10 heteroatoms. The molecule has 0 amide bonds. The predicted octanol–water partition coefficient (Wildman–Crippen LogP) is 5.16. The van der Waals surface area contributed by atoms with Gasteiger partial charge in [-0.05, 0) is 42.7 Å². The first-order valence-corrected chi connectivity index (χ1v) is 11.9. The van der Waals surface area contributed by atoms with Crippen LogP contribution in [-0.2, 0) is 27.5 Å². The molecule has 0 N–H and O–H groups in total. The van der Waals surface area contributed by atoms with Crippen molar-refractivity contribution in [3.63, 3.8) is 0 Å². The minimum Gasteiger partial charge on any atom is -0.489 e. The number of nitrogens with zero attached hydrogens (tertiary/aromatic N) is 5. The van der Waals surface area contributed by atoms with E-state index in [1.807, 2.05) is 67.4 Å². The maximum Gasteiger partial charge on any atom is 0.360 e. The predicted molar refractivity (Wildman–Crippen MR) is 147 cm³/mol. The molecule has 0 aliphatic heterocycles. The second kappa shape index (κ2) is 15.6. The third-order valence-corrected chi connectivity index (χ3v) is 5.51. The molecule has 198 valence electrons. The fourth-order valence-electron chi connectivity index (χ4n) is 3.18. The summed E-state index contributed by atoms with van der Waals surface area (Å²) >= 11 is 5.67. The molecule has 1 aromatic heterocycles. The standard InChI is InChI=1S/C18H19NO4.C10H11ClN4/c1-13-8-4-7-11-16(13)23-12-14-9-5-6-10-15(14)17(19-22-3)18(20)21-2;1-8(14-7-12)15(2)6-9-3-4-10(11)13-5-9/h4-11H,12H2,1-3H3;3-5H,6H2,1-2H3/b19-17+;14-8+. The van der Waals surface area contributed by atoms with Gasteiger partial charge in [-0.1, -0.05) is 65.3 Å². The molecule has 0 spiro atoms. The van der Waals surface area contributed by atoms with Gasteiger partial charge in [0.15, 0.2) is 5.71 Å². The second-order valence-corrected chi connectivity index (χ2v) is 8.32. The van der Waals surface area contributed by atoms with Crippen LogP contribution < -0.4 is 4.74 Å². The van der Waals surface area contributed by atoms with Crippen LogP contribution in [-0.4, -0.2) is 48.7 Å². The molecule has 0 aliphatic carbocycles. The molecular weight excluding hydrogens is 506 g/mol. The highest BCUT2D eigenvalue weighted by Crippen LogP contribution is 2.20. The molecule has 0 fully saturated rings. The molecule has 0 bridgehead atoms. The molecule has 2 aromatic carbocycles. The number of carbonyl (C=O) groups excluding carboxylic acids is 1. The van der Waals surface area contributed by atoms with E-state index in [0.29, 0.717) is 29.7 Å². The summed E-state index contributed by atoms with van der Waals surface area (Å²) in [6.07, 6.45) is 3.46. The van der Waals surface area contributed by atoms with Crippen LogP contribution in [0.1, 0.15) is 29.2 Å². The molecule has 0 aliphatic rings. The van der Waals surface area contributed by atoms with Crippen LogP contribution in [0.25, 0.3) is 0 Å². The molecule has 0 unspecified atom stereocenters. The van der Waals surface area contributed by atoms with Crippen LogP contribution >= 0.6 is 11.6 Å². The topological polar surface area (TPSA) is 109 Å². The van der Waals surface area contributed by atoms with Gasteiger partial charge >= 0.3 is 5.97 Å². The van der Waals surface area contributed by atoms with Crippen molar-refractivity contribution in [2.75, 3.05) is 21.3 Å². The Bertz CT molecular complexity index is 1300. The zero-order chi connectivity index (χ0) is 27.9. The number of carbonyl (C=O) groups is 1. The Labute approximate surface area is 227 Å². The smallest absolute Gasteiger partial charge is 0.360 e. The molecule has 0 saturated carbocycles. The van der Waals surface area contributed by atoms with Gasteiger partial charge in [0.25, 0.3) is 0 Å².